The fraction of sp³-hybridized carbons (Fsp3) is 0.316. The maximum Gasteiger partial charge on any atom is 0.257 e. The van der Waals surface area contributed by atoms with Gasteiger partial charge in [-0.1, -0.05) is 42.5 Å². The molecule has 0 aromatic heterocycles. The number of hydrogen-bond acceptors (Lipinski definition) is 3. The zero-order valence-electron chi connectivity index (χ0n) is 13.2. The van der Waals surface area contributed by atoms with Crippen molar-refractivity contribution in [2.45, 2.75) is 6.42 Å². The zero-order chi connectivity index (χ0) is 16.1. The molecule has 2 aromatic rings. The van der Waals surface area contributed by atoms with Crippen LogP contribution < -0.4 is 0 Å². The van der Waals surface area contributed by atoms with Gasteiger partial charge in [0.05, 0.1) is 5.56 Å². The maximum atomic E-state index is 12.5. The Balaban J connectivity index is 1.50. The predicted octanol–water partition coefficient (Wildman–Crippen LogP) is 2.39. The molecular weight excluding hydrogens is 288 g/mol. The van der Waals surface area contributed by atoms with E-state index in [2.05, 4.69) is 29.2 Å². The lowest BCUT2D eigenvalue weighted by atomic mass is 10.1. The van der Waals surface area contributed by atoms with Crippen molar-refractivity contribution in [2.24, 2.45) is 0 Å². The quantitative estimate of drug-likeness (QED) is 0.943. The van der Waals surface area contributed by atoms with Crippen LogP contribution in [0.15, 0.2) is 54.6 Å². The number of carbonyl (C=O) groups is 1. The summed E-state index contributed by atoms with van der Waals surface area (Å²) in [5.41, 5.74) is 1.74. The van der Waals surface area contributed by atoms with Crippen LogP contribution >= 0.6 is 0 Å². The van der Waals surface area contributed by atoms with E-state index in [1.165, 1.54) is 5.56 Å². The second-order valence-corrected chi connectivity index (χ2v) is 5.89. The van der Waals surface area contributed by atoms with Crippen LogP contribution in [0.1, 0.15) is 15.9 Å². The van der Waals surface area contributed by atoms with E-state index in [-0.39, 0.29) is 11.7 Å². The Morgan fingerprint density at radius 3 is 2.26 bits per heavy atom. The SMILES string of the molecule is O=C(c1ccccc1O)N1CCN(CCc2ccccc2)CC1. The minimum absolute atomic E-state index is 0.0593. The lowest BCUT2D eigenvalue weighted by Gasteiger charge is -2.34. The topological polar surface area (TPSA) is 43.8 Å². The lowest BCUT2D eigenvalue weighted by Crippen LogP contribution is -2.49. The monoisotopic (exact) mass is 310 g/mol. The van der Waals surface area contributed by atoms with Crippen molar-refractivity contribution >= 4 is 5.91 Å². The molecule has 0 unspecified atom stereocenters. The first-order chi connectivity index (χ1) is 11.2. The Labute approximate surface area is 137 Å². The van der Waals surface area contributed by atoms with E-state index in [9.17, 15) is 9.90 Å². The van der Waals surface area contributed by atoms with E-state index in [0.29, 0.717) is 18.7 Å². The van der Waals surface area contributed by atoms with Gasteiger partial charge in [0, 0.05) is 32.7 Å². The Hall–Kier alpha value is -2.33. The first-order valence-electron chi connectivity index (χ1n) is 8.07. The highest BCUT2D eigenvalue weighted by molar-refractivity contribution is 5.96. The summed E-state index contributed by atoms with van der Waals surface area (Å²) < 4.78 is 0. The van der Waals surface area contributed by atoms with Crippen LogP contribution in [0.5, 0.6) is 5.75 Å². The molecule has 3 rings (SSSR count). The molecule has 1 aliphatic heterocycles. The van der Waals surface area contributed by atoms with Gasteiger partial charge >= 0.3 is 0 Å². The molecule has 0 bridgehead atoms. The number of para-hydroxylation sites is 1. The van der Waals surface area contributed by atoms with Gasteiger partial charge in [0.25, 0.3) is 5.91 Å². The van der Waals surface area contributed by atoms with Gasteiger partial charge in [0.15, 0.2) is 0 Å². The number of amides is 1. The van der Waals surface area contributed by atoms with Crippen LogP contribution in [0.4, 0.5) is 0 Å². The van der Waals surface area contributed by atoms with Gasteiger partial charge in [-0.25, -0.2) is 0 Å². The van der Waals surface area contributed by atoms with Gasteiger partial charge in [-0.3, -0.25) is 9.69 Å². The Morgan fingerprint density at radius 1 is 0.913 bits per heavy atom. The third-order valence-electron chi connectivity index (χ3n) is 4.35. The van der Waals surface area contributed by atoms with Gasteiger partial charge in [-0.05, 0) is 24.1 Å². The predicted molar refractivity (Wildman–Crippen MR) is 90.6 cm³/mol. The number of rotatable bonds is 4. The fourth-order valence-corrected chi connectivity index (χ4v) is 2.93. The Bertz CT molecular complexity index is 649. The molecule has 0 aliphatic carbocycles. The van der Waals surface area contributed by atoms with Crippen LogP contribution in [0, 0.1) is 0 Å². The highest BCUT2D eigenvalue weighted by Crippen LogP contribution is 2.18. The minimum atomic E-state index is -0.0780. The van der Waals surface area contributed by atoms with Gasteiger partial charge in [-0.15, -0.1) is 0 Å². The molecule has 2 aromatic carbocycles. The van der Waals surface area contributed by atoms with Crippen molar-refractivity contribution in [2.75, 3.05) is 32.7 Å². The largest absolute Gasteiger partial charge is 0.507 e. The minimum Gasteiger partial charge on any atom is -0.507 e. The average molecular weight is 310 g/mol. The smallest absolute Gasteiger partial charge is 0.257 e. The summed E-state index contributed by atoms with van der Waals surface area (Å²) in [6, 6.07) is 17.2. The molecule has 120 valence electrons. The first-order valence-corrected chi connectivity index (χ1v) is 8.07. The van der Waals surface area contributed by atoms with Crippen molar-refractivity contribution in [3.05, 3.63) is 65.7 Å². The molecule has 1 heterocycles. The van der Waals surface area contributed by atoms with E-state index >= 15 is 0 Å². The van der Waals surface area contributed by atoms with Crippen molar-refractivity contribution < 1.29 is 9.90 Å². The van der Waals surface area contributed by atoms with Crippen molar-refractivity contribution in [1.29, 1.82) is 0 Å². The summed E-state index contributed by atoms with van der Waals surface area (Å²) in [4.78, 5) is 16.7. The first kappa shape index (κ1) is 15.6. The van der Waals surface area contributed by atoms with E-state index in [4.69, 9.17) is 0 Å². The summed E-state index contributed by atoms with van der Waals surface area (Å²) in [7, 11) is 0. The molecule has 1 N–H and O–H groups in total. The maximum absolute atomic E-state index is 12.5. The molecule has 0 radical (unpaired) electrons. The summed E-state index contributed by atoms with van der Waals surface area (Å²) in [5.74, 6) is -0.0187. The number of phenols is 1. The number of piperazine rings is 1. The second-order valence-electron chi connectivity index (χ2n) is 5.89. The summed E-state index contributed by atoms with van der Waals surface area (Å²) >= 11 is 0. The lowest BCUT2D eigenvalue weighted by molar-refractivity contribution is 0.0635. The molecule has 1 amide bonds. The molecule has 0 saturated carbocycles. The number of nitrogens with zero attached hydrogens (tertiary/aromatic N) is 2. The van der Waals surface area contributed by atoms with E-state index < -0.39 is 0 Å². The standard InChI is InChI=1S/C19H22N2O2/c22-18-9-5-4-8-17(18)19(23)21-14-12-20(13-15-21)11-10-16-6-2-1-3-7-16/h1-9,22H,10-15H2. The van der Waals surface area contributed by atoms with Gasteiger partial charge in [0.2, 0.25) is 0 Å². The highest BCUT2D eigenvalue weighted by Gasteiger charge is 2.23. The Morgan fingerprint density at radius 2 is 1.57 bits per heavy atom. The molecule has 0 atom stereocenters. The second kappa shape index (κ2) is 7.29. The molecule has 1 aliphatic rings. The van der Waals surface area contributed by atoms with Crippen molar-refractivity contribution in [1.82, 2.24) is 9.80 Å². The molecule has 4 nitrogen and oxygen atoms in total. The number of benzene rings is 2. The molecule has 0 spiro atoms. The van der Waals surface area contributed by atoms with Crippen LogP contribution in [0.25, 0.3) is 0 Å². The fourth-order valence-electron chi connectivity index (χ4n) is 2.93. The van der Waals surface area contributed by atoms with Crippen LogP contribution in [-0.4, -0.2) is 53.5 Å². The third kappa shape index (κ3) is 3.90. The average Bonchev–Trinajstić information content (AvgIpc) is 2.61. The van der Waals surface area contributed by atoms with Crippen LogP contribution in [0.2, 0.25) is 0 Å². The third-order valence-corrected chi connectivity index (χ3v) is 4.35. The normalized spacial score (nSPS) is 15.6. The molecule has 1 fully saturated rings. The molecule has 1 saturated heterocycles. The van der Waals surface area contributed by atoms with Gasteiger partial charge in [0.1, 0.15) is 5.75 Å². The number of hydrogen-bond donors (Lipinski definition) is 1. The number of aromatic hydroxyl groups is 1. The highest BCUT2D eigenvalue weighted by atomic mass is 16.3. The van der Waals surface area contributed by atoms with Crippen LogP contribution in [-0.2, 0) is 6.42 Å². The summed E-state index contributed by atoms with van der Waals surface area (Å²) in [6.45, 7) is 4.20. The van der Waals surface area contributed by atoms with E-state index in [1.54, 1.807) is 24.3 Å². The molecule has 4 heteroatoms. The van der Waals surface area contributed by atoms with Gasteiger partial charge in [-0.2, -0.15) is 0 Å². The van der Waals surface area contributed by atoms with E-state index in [0.717, 1.165) is 26.1 Å². The molecule has 23 heavy (non-hydrogen) atoms. The zero-order valence-corrected chi connectivity index (χ0v) is 13.2. The van der Waals surface area contributed by atoms with Crippen molar-refractivity contribution in [3.63, 3.8) is 0 Å². The van der Waals surface area contributed by atoms with E-state index in [1.807, 2.05) is 11.0 Å². The molecular formula is C19H22N2O2. The number of carbonyl (C=O) groups excluding carboxylic acids is 1. The van der Waals surface area contributed by atoms with Crippen molar-refractivity contribution in [3.8, 4) is 5.75 Å². The summed E-state index contributed by atoms with van der Waals surface area (Å²) in [6.07, 6.45) is 1.04. The summed E-state index contributed by atoms with van der Waals surface area (Å²) in [5, 5.41) is 9.82. The van der Waals surface area contributed by atoms with Gasteiger partial charge < -0.3 is 10.0 Å². The Kier molecular flexibility index (Phi) is 4.93. The van der Waals surface area contributed by atoms with Crippen LogP contribution in [0.3, 0.4) is 0 Å². The number of phenolic OH excluding ortho intramolecular Hbond substituents is 1.